The molecule has 0 saturated heterocycles. The van der Waals surface area contributed by atoms with Crippen LogP contribution in [0.1, 0.15) is 34.3 Å². The molecule has 0 amide bonds. The van der Waals surface area contributed by atoms with Gasteiger partial charge in [-0.3, -0.25) is 0 Å². The summed E-state index contributed by atoms with van der Waals surface area (Å²) in [7, 11) is 0. The molecule has 1 aromatic rings. The van der Waals surface area contributed by atoms with Gasteiger partial charge in [-0.15, -0.1) is 11.3 Å². The minimum absolute atomic E-state index is 0.425. The lowest BCUT2D eigenvalue weighted by molar-refractivity contribution is 0.0702. The van der Waals surface area contributed by atoms with Crippen LogP contribution in [0.5, 0.6) is 0 Å². The molecule has 0 aliphatic heterocycles. The lowest BCUT2D eigenvalue weighted by atomic mass is 9.82. The average molecular weight is 225 g/mol. The van der Waals surface area contributed by atoms with Crippen molar-refractivity contribution in [3.8, 4) is 0 Å². The minimum atomic E-state index is -0.830. The number of carboxylic acids is 1. The van der Waals surface area contributed by atoms with Crippen LogP contribution in [0.2, 0.25) is 0 Å². The Bertz CT molecular complexity index is 355. The molecule has 1 heterocycles. The number of hydrogen-bond acceptors (Lipinski definition) is 3. The summed E-state index contributed by atoms with van der Waals surface area (Å²) in [6, 6.07) is 4.20. The van der Waals surface area contributed by atoms with Gasteiger partial charge in [0, 0.05) is 17.5 Å². The number of carbonyl (C=O) groups is 1. The summed E-state index contributed by atoms with van der Waals surface area (Å²) in [6.45, 7) is 3.06. The van der Waals surface area contributed by atoms with Gasteiger partial charge in [0.25, 0.3) is 0 Å². The van der Waals surface area contributed by atoms with E-state index in [1.54, 1.807) is 6.07 Å². The van der Waals surface area contributed by atoms with Crippen LogP contribution in [0, 0.1) is 5.92 Å². The molecule has 1 aromatic heterocycles. The first-order valence-electron chi connectivity index (χ1n) is 5.20. The van der Waals surface area contributed by atoms with Crippen LogP contribution >= 0.6 is 11.3 Å². The fourth-order valence-electron chi connectivity index (χ4n) is 1.90. The molecule has 3 nitrogen and oxygen atoms in total. The Kier molecular flexibility index (Phi) is 3.07. The second-order valence-corrected chi connectivity index (χ2v) is 5.39. The van der Waals surface area contributed by atoms with Gasteiger partial charge in [0.15, 0.2) is 0 Å². The van der Waals surface area contributed by atoms with E-state index in [9.17, 15) is 4.79 Å². The Morgan fingerprint density at radius 2 is 2.33 bits per heavy atom. The molecule has 15 heavy (non-hydrogen) atoms. The summed E-state index contributed by atoms with van der Waals surface area (Å²) in [5.41, 5.74) is 0. The van der Waals surface area contributed by atoms with E-state index in [2.05, 4.69) is 12.2 Å². The van der Waals surface area contributed by atoms with Crippen LogP contribution < -0.4 is 5.32 Å². The third-order valence-electron chi connectivity index (χ3n) is 2.81. The van der Waals surface area contributed by atoms with Crippen LogP contribution in [0.3, 0.4) is 0 Å². The zero-order chi connectivity index (χ0) is 10.8. The number of nitrogens with one attached hydrogen (secondary N) is 1. The topological polar surface area (TPSA) is 49.3 Å². The summed E-state index contributed by atoms with van der Waals surface area (Å²) in [5, 5.41) is 12.2. The summed E-state index contributed by atoms with van der Waals surface area (Å²) < 4.78 is 0. The molecule has 1 aliphatic rings. The monoisotopic (exact) mass is 225 g/mol. The van der Waals surface area contributed by atoms with Gasteiger partial charge in [-0.1, -0.05) is 6.92 Å². The molecule has 0 aromatic carbocycles. The maximum Gasteiger partial charge on any atom is 0.345 e. The maximum absolute atomic E-state index is 10.7. The molecular weight excluding hydrogens is 210 g/mol. The van der Waals surface area contributed by atoms with Crippen LogP contribution in [0.4, 0.5) is 0 Å². The van der Waals surface area contributed by atoms with Crippen molar-refractivity contribution >= 4 is 17.3 Å². The minimum Gasteiger partial charge on any atom is -0.477 e. The first-order chi connectivity index (χ1) is 7.15. The second-order valence-electron chi connectivity index (χ2n) is 4.23. The number of hydrogen-bond donors (Lipinski definition) is 2. The molecule has 0 radical (unpaired) electrons. The lowest BCUT2D eigenvalue weighted by Crippen LogP contribution is -2.39. The smallest absolute Gasteiger partial charge is 0.345 e. The van der Waals surface area contributed by atoms with Gasteiger partial charge in [0.1, 0.15) is 4.88 Å². The van der Waals surface area contributed by atoms with Crippen molar-refractivity contribution in [2.24, 2.45) is 5.92 Å². The van der Waals surface area contributed by atoms with Crippen molar-refractivity contribution in [3.63, 3.8) is 0 Å². The Labute approximate surface area is 93.1 Å². The standard InChI is InChI=1S/C11H15NO2S/c1-7-4-8(5-7)12-6-9-2-3-10(15-9)11(13)14/h2-3,7-8,12H,4-6H2,1H3,(H,13,14). The molecule has 4 heteroatoms. The van der Waals surface area contributed by atoms with Gasteiger partial charge in [-0.2, -0.15) is 0 Å². The van der Waals surface area contributed by atoms with Crippen molar-refractivity contribution in [2.45, 2.75) is 32.4 Å². The first kappa shape index (κ1) is 10.6. The van der Waals surface area contributed by atoms with E-state index in [0.717, 1.165) is 17.3 Å². The molecule has 1 fully saturated rings. The lowest BCUT2D eigenvalue weighted by Gasteiger charge is -2.33. The van der Waals surface area contributed by atoms with Crippen molar-refractivity contribution in [1.29, 1.82) is 0 Å². The Balaban J connectivity index is 1.81. The fraction of sp³-hybridized carbons (Fsp3) is 0.545. The Morgan fingerprint density at radius 3 is 2.87 bits per heavy atom. The highest BCUT2D eigenvalue weighted by atomic mass is 32.1. The molecule has 0 spiro atoms. The Hall–Kier alpha value is -0.870. The van der Waals surface area contributed by atoms with Crippen molar-refractivity contribution < 1.29 is 9.90 Å². The predicted molar refractivity (Wildman–Crippen MR) is 60.3 cm³/mol. The van der Waals surface area contributed by atoms with Crippen molar-refractivity contribution in [3.05, 3.63) is 21.9 Å². The molecule has 0 bridgehead atoms. The van der Waals surface area contributed by atoms with Gasteiger partial charge in [0.05, 0.1) is 0 Å². The molecule has 2 rings (SSSR count). The van der Waals surface area contributed by atoms with E-state index in [-0.39, 0.29) is 0 Å². The molecule has 1 saturated carbocycles. The van der Waals surface area contributed by atoms with E-state index in [0.29, 0.717) is 10.9 Å². The summed E-state index contributed by atoms with van der Waals surface area (Å²) in [6.07, 6.45) is 2.49. The largest absolute Gasteiger partial charge is 0.477 e. The van der Waals surface area contributed by atoms with E-state index in [1.807, 2.05) is 6.07 Å². The normalized spacial score (nSPS) is 24.9. The number of thiophene rings is 1. The van der Waals surface area contributed by atoms with Crippen molar-refractivity contribution in [2.75, 3.05) is 0 Å². The van der Waals surface area contributed by atoms with E-state index in [4.69, 9.17) is 5.11 Å². The molecule has 0 unspecified atom stereocenters. The van der Waals surface area contributed by atoms with Crippen LogP contribution in [-0.4, -0.2) is 17.1 Å². The van der Waals surface area contributed by atoms with Crippen LogP contribution in [0.15, 0.2) is 12.1 Å². The highest BCUT2D eigenvalue weighted by Crippen LogP contribution is 2.27. The average Bonchev–Trinajstić information content (AvgIpc) is 2.59. The first-order valence-corrected chi connectivity index (χ1v) is 6.02. The molecule has 82 valence electrons. The van der Waals surface area contributed by atoms with Crippen LogP contribution in [-0.2, 0) is 6.54 Å². The van der Waals surface area contributed by atoms with Gasteiger partial charge in [0.2, 0.25) is 0 Å². The predicted octanol–water partition coefficient (Wildman–Crippen LogP) is 2.33. The number of carboxylic acid groups (broad SMARTS) is 1. The molecule has 1 aliphatic carbocycles. The third kappa shape index (κ3) is 2.58. The quantitative estimate of drug-likeness (QED) is 0.827. The zero-order valence-corrected chi connectivity index (χ0v) is 9.51. The third-order valence-corrected chi connectivity index (χ3v) is 3.88. The van der Waals surface area contributed by atoms with E-state index in [1.165, 1.54) is 24.2 Å². The van der Waals surface area contributed by atoms with E-state index < -0.39 is 5.97 Å². The number of aromatic carboxylic acids is 1. The van der Waals surface area contributed by atoms with Gasteiger partial charge >= 0.3 is 5.97 Å². The molecule has 0 atom stereocenters. The van der Waals surface area contributed by atoms with E-state index >= 15 is 0 Å². The van der Waals surface area contributed by atoms with Gasteiger partial charge in [-0.25, -0.2) is 4.79 Å². The SMILES string of the molecule is CC1CC(NCc2ccc(C(=O)O)s2)C1. The molecular formula is C11H15NO2S. The zero-order valence-electron chi connectivity index (χ0n) is 8.69. The highest BCUT2D eigenvalue weighted by Gasteiger charge is 2.24. The summed E-state index contributed by atoms with van der Waals surface area (Å²) >= 11 is 1.36. The Morgan fingerprint density at radius 1 is 1.60 bits per heavy atom. The van der Waals surface area contributed by atoms with Crippen molar-refractivity contribution in [1.82, 2.24) is 5.32 Å². The summed E-state index contributed by atoms with van der Waals surface area (Å²) in [5.74, 6) is 0.0175. The van der Waals surface area contributed by atoms with Gasteiger partial charge < -0.3 is 10.4 Å². The van der Waals surface area contributed by atoms with Crippen LogP contribution in [0.25, 0.3) is 0 Å². The maximum atomic E-state index is 10.7. The van der Waals surface area contributed by atoms with Gasteiger partial charge in [-0.05, 0) is 30.9 Å². The highest BCUT2D eigenvalue weighted by molar-refractivity contribution is 7.13. The molecule has 2 N–H and O–H groups in total. The second kappa shape index (κ2) is 4.33. The number of rotatable bonds is 4. The summed E-state index contributed by atoms with van der Waals surface area (Å²) in [4.78, 5) is 12.2. The fourth-order valence-corrected chi connectivity index (χ4v) is 2.70.